The zero-order valence-electron chi connectivity index (χ0n) is 5.70. The van der Waals surface area contributed by atoms with Crippen LogP contribution in [0.2, 0.25) is 0 Å². The van der Waals surface area contributed by atoms with E-state index in [1.54, 1.807) is 12.1 Å². The third-order valence-electron chi connectivity index (χ3n) is 1.21. The number of benzene rings is 1. The topological polar surface area (TPSA) is 26.3 Å². The van der Waals surface area contributed by atoms with Gasteiger partial charge in [-0.15, -0.1) is 0 Å². The van der Waals surface area contributed by atoms with Crippen molar-refractivity contribution in [2.24, 2.45) is 0 Å². The normalized spacial score (nSPS) is 9.55. The van der Waals surface area contributed by atoms with Crippen LogP contribution in [-0.4, -0.2) is 51.4 Å². The minimum atomic E-state index is -1.13. The molecule has 0 N–H and O–H groups in total. The zero-order chi connectivity index (χ0) is 7.40. The van der Waals surface area contributed by atoms with Gasteiger partial charge >= 0.3 is 51.4 Å². The monoisotopic (exact) mass is 196 g/mol. The molecule has 0 aromatic heterocycles. The molecule has 1 aromatic carbocycles. The summed E-state index contributed by atoms with van der Waals surface area (Å²) in [5, 5.41) is 0. The van der Waals surface area contributed by atoms with Crippen LogP contribution in [0, 0.1) is 6.92 Å². The predicted molar refractivity (Wildman–Crippen MR) is 49.4 cm³/mol. The zero-order valence-corrected chi connectivity index (χ0v) is 6.86. The summed E-state index contributed by atoms with van der Waals surface area (Å²) in [6, 6.07) is 7.45. The van der Waals surface area contributed by atoms with Gasteiger partial charge < -0.3 is 4.52 Å². The second-order valence-corrected chi connectivity index (χ2v) is 2.46. The Hall–Kier alpha value is 0.886. The predicted octanol–water partition coefficient (Wildman–Crippen LogP) is 1.40. The maximum atomic E-state index is 10.0. The van der Waals surface area contributed by atoms with Crippen molar-refractivity contribution in [1.82, 2.24) is 0 Å². The summed E-state index contributed by atoms with van der Waals surface area (Å²) in [5.41, 5.74) is 1.17. The van der Waals surface area contributed by atoms with Gasteiger partial charge in [0.15, 0.2) is 0 Å². The molecule has 0 fully saturated rings. The Balaban J connectivity index is 0.000001000. The van der Waals surface area contributed by atoms with Crippen molar-refractivity contribution in [1.29, 1.82) is 0 Å². The van der Waals surface area contributed by atoms with Crippen molar-refractivity contribution in [2.75, 3.05) is 0 Å². The van der Waals surface area contributed by atoms with Crippen LogP contribution in [-0.2, 0) is 4.57 Å². The summed E-state index contributed by atoms with van der Waals surface area (Å²) >= 11 is 0. The first-order valence-electron chi connectivity index (χ1n) is 3.00. The Morgan fingerprint density at radius 1 is 1.27 bits per heavy atom. The average molecular weight is 196 g/mol. The first-order valence-corrected chi connectivity index (χ1v) is 3.94. The third kappa shape index (κ3) is 4.46. The molecule has 0 bridgehead atoms. The number of rotatable bonds is 2. The van der Waals surface area contributed by atoms with Crippen molar-refractivity contribution >= 4 is 60.1 Å². The van der Waals surface area contributed by atoms with Gasteiger partial charge in [-0.25, -0.2) is 0 Å². The molecular formula is C7H10KO2P. The van der Waals surface area contributed by atoms with Crippen molar-refractivity contribution < 1.29 is 9.09 Å². The first kappa shape index (κ1) is 11.9. The van der Waals surface area contributed by atoms with Crippen LogP contribution in [0.3, 0.4) is 0 Å². The fraction of sp³-hybridized carbons (Fsp3) is 0.143. The van der Waals surface area contributed by atoms with Crippen molar-refractivity contribution in [3.63, 3.8) is 0 Å². The average Bonchev–Trinajstić information content (AvgIpc) is 1.95. The Bertz CT molecular complexity index is 222. The van der Waals surface area contributed by atoms with Crippen LogP contribution in [0.5, 0.6) is 5.75 Å². The Morgan fingerprint density at radius 3 is 2.27 bits per heavy atom. The quantitative estimate of drug-likeness (QED) is 0.528. The van der Waals surface area contributed by atoms with Gasteiger partial charge in [-0.2, -0.15) is 0 Å². The molecule has 0 spiro atoms. The standard InChI is InChI=1S/C7H9O2P.K.H/c1-6-2-4-7(5-3-6)9-10-8;;/h2-5H,10H2,1H3;;. The molecule has 1 aromatic rings. The molecule has 11 heavy (non-hydrogen) atoms. The van der Waals surface area contributed by atoms with Gasteiger partial charge in [0.05, 0.1) is 0 Å². The van der Waals surface area contributed by atoms with Crippen molar-refractivity contribution in [3.05, 3.63) is 29.8 Å². The molecule has 2 nitrogen and oxygen atoms in total. The Kier molecular flexibility index (Phi) is 6.92. The first-order chi connectivity index (χ1) is 4.83. The molecule has 0 radical (unpaired) electrons. The molecule has 0 saturated heterocycles. The molecule has 1 rings (SSSR count). The van der Waals surface area contributed by atoms with Gasteiger partial charge in [-0.3, -0.25) is 4.57 Å². The van der Waals surface area contributed by atoms with E-state index in [4.69, 9.17) is 4.52 Å². The summed E-state index contributed by atoms with van der Waals surface area (Å²) in [7, 11) is -1.13. The Morgan fingerprint density at radius 2 is 1.82 bits per heavy atom. The van der Waals surface area contributed by atoms with E-state index in [9.17, 15) is 4.57 Å². The molecule has 1 atom stereocenters. The van der Waals surface area contributed by atoms with E-state index in [-0.39, 0.29) is 51.4 Å². The summed E-state index contributed by atoms with van der Waals surface area (Å²) < 4.78 is 14.8. The van der Waals surface area contributed by atoms with Gasteiger partial charge in [0.1, 0.15) is 5.75 Å². The maximum absolute atomic E-state index is 10.0. The fourth-order valence-electron chi connectivity index (χ4n) is 0.672. The van der Waals surface area contributed by atoms with Gasteiger partial charge in [-0.1, -0.05) is 17.7 Å². The summed E-state index contributed by atoms with van der Waals surface area (Å²) in [6.07, 6.45) is 0. The third-order valence-corrected chi connectivity index (χ3v) is 1.57. The van der Waals surface area contributed by atoms with Crippen LogP contribution >= 0.6 is 8.69 Å². The molecule has 1 unspecified atom stereocenters. The van der Waals surface area contributed by atoms with E-state index in [2.05, 4.69) is 0 Å². The number of aryl methyl sites for hydroxylation is 1. The number of hydrogen-bond acceptors (Lipinski definition) is 2. The van der Waals surface area contributed by atoms with Crippen LogP contribution in [0.25, 0.3) is 0 Å². The van der Waals surface area contributed by atoms with Crippen LogP contribution < -0.4 is 4.52 Å². The molecule has 0 aliphatic heterocycles. The summed E-state index contributed by atoms with van der Waals surface area (Å²) in [5.74, 6) is 0.676. The molecule has 0 amide bonds. The molecule has 0 saturated carbocycles. The number of hydrogen-bond donors (Lipinski definition) is 0. The molecule has 4 heteroatoms. The van der Waals surface area contributed by atoms with Crippen LogP contribution in [0.1, 0.15) is 5.56 Å². The summed E-state index contributed by atoms with van der Waals surface area (Å²) in [4.78, 5) is 0. The molecule has 0 heterocycles. The molecule has 0 aliphatic carbocycles. The second kappa shape index (κ2) is 6.41. The van der Waals surface area contributed by atoms with Gasteiger partial charge in [0.25, 0.3) is 0 Å². The van der Waals surface area contributed by atoms with Crippen molar-refractivity contribution in [2.45, 2.75) is 6.92 Å². The van der Waals surface area contributed by atoms with E-state index in [1.165, 1.54) is 5.56 Å². The van der Waals surface area contributed by atoms with Gasteiger partial charge in [-0.05, 0) is 19.1 Å². The van der Waals surface area contributed by atoms with Crippen LogP contribution in [0.4, 0.5) is 0 Å². The van der Waals surface area contributed by atoms with E-state index in [0.29, 0.717) is 5.75 Å². The van der Waals surface area contributed by atoms with E-state index in [0.717, 1.165) is 0 Å². The second-order valence-electron chi connectivity index (χ2n) is 2.03. The van der Waals surface area contributed by atoms with Gasteiger partial charge in [0, 0.05) is 0 Å². The SMILES string of the molecule is Cc1ccc(O[PH2]=O)cc1.[KH]. The van der Waals surface area contributed by atoms with E-state index >= 15 is 0 Å². The molecule has 0 aliphatic rings. The van der Waals surface area contributed by atoms with Gasteiger partial charge in [0.2, 0.25) is 8.69 Å². The van der Waals surface area contributed by atoms with Crippen LogP contribution in [0.15, 0.2) is 24.3 Å². The van der Waals surface area contributed by atoms with E-state index in [1.807, 2.05) is 19.1 Å². The fourth-order valence-corrected chi connectivity index (χ4v) is 0.941. The van der Waals surface area contributed by atoms with E-state index < -0.39 is 8.69 Å². The molecular weight excluding hydrogens is 186 g/mol. The van der Waals surface area contributed by atoms with Crippen molar-refractivity contribution in [3.8, 4) is 5.75 Å². The molecule has 56 valence electrons. The minimum absolute atomic E-state index is 0. The Labute approximate surface area is 110 Å². The summed E-state index contributed by atoms with van der Waals surface area (Å²) in [6.45, 7) is 1.99.